The minimum absolute atomic E-state index is 0.0359. The van der Waals surface area contributed by atoms with Crippen molar-refractivity contribution in [1.29, 1.82) is 0 Å². The Balaban J connectivity index is 1.32. The van der Waals surface area contributed by atoms with E-state index in [2.05, 4.69) is 0 Å². The highest BCUT2D eigenvalue weighted by Gasteiger charge is 2.56. The van der Waals surface area contributed by atoms with Crippen molar-refractivity contribution in [3.63, 3.8) is 0 Å². The number of aliphatic hydroxyl groups excluding tert-OH is 2. The Morgan fingerprint density at radius 2 is 1.13 bits per heavy atom. The molecule has 0 saturated carbocycles. The summed E-state index contributed by atoms with van der Waals surface area (Å²) in [7, 11) is 0. The van der Waals surface area contributed by atoms with E-state index in [1.165, 1.54) is 0 Å². The summed E-state index contributed by atoms with van der Waals surface area (Å²) in [4.78, 5) is 13.6. The van der Waals surface area contributed by atoms with E-state index in [1.807, 2.05) is 0 Å². The highest BCUT2D eigenvalue weighted by molar-refractivity contribution is 7.99. The van der Waals surface area contributed by atoms with Gasteiger partial charge in [-0.05, 0) is 11.5 Å². The van der Waals surface area contributed by atoms with Crippen molar-refractivity contribution in [2.24, 2.45) is 23.7 Å². The molecule has 5 aliphatic heterocycles. The highest BCUT2D eigenvalue weighted by Crippen LogP contribution is 2.46. The number of carbonyl (C=O) groups excluding carboxylic acids is 1. The molecule has 31 heavy (non-hydrogen) atoms. The predicted molar refractivity (Wildman–Crippen MR) is 121 cm³/mol. The van der Waals surface area contributed by atoms with Crippen molar-refractivity contribution in [2.75, 3.05) is 60.9 Å². The standard InChI is InChI=1S/C21H32O7S3/c22-17-13(18(23)15-11-29-7-1-20(15)25-3-4-26-20)9-31-10-14(17)19(24)16-12-30-8-2-21(16)27-5-6-28-21/h13-16,18-19,23-24H,1-12H2/t13-,14+,15+,16-,18-,19+. The molecule has 5 fully saturated rings. The highest BCUT2D eigenvalue weighted by atomic mass is 32.2. The van der Waals surface area contributed by atoms with Gasteiger partial charge in [-0.15, -0.1) is 0 Å². The van der Waals surface area contributed by atoms with Crippen LogP contribution in [0.5, 0.6) is 0 Å². The summed E-state index contributed by atoms with van der Waals surface area (Å²) in [6.45, 7) is 2.13. The van der Waals surface area contributed by atoms with Crippen LogP contribution in [0.4, 0.5) is 0 Å². The van der Waals surface area contributed by atoms with Crippen molar-refractivity contribution < 1.29 is 34.0 Å². The molecule has 5 saturated heterocycles. The summed E-state index contributed by atoms with van der Waals surface area (Å²) in [5.41, 5.74) is 0. The number of ketones is 1. The van der Waals surface area contributed by atoms with Gasteiger partial charge in [0, 0.05) is 47.7 Å². The molecule has 2 spiro atoms. The van der Waals surface area contributed by atoms with E-state index < -0.39 is 35.6 Å². The van der Waals surface area contributed by atoms with E-state index in [-0.39, 0.29) is 17.6 Å². The maximum atomic E-state index is 13.6. The van der Waals surface area contributed by atoms with Crippen molar-refractivity contribution in [3.8, 4) is 0 Å². The Labute approximate surface area is 196 Å². The average Bonchev–Trinajstić information content (AvgIpc) is 3.44. The first kappa shape index (κ1) is 23.2. The second-order valence-corrected chi connectivity index (χ2v) is 12.4. The topological polar surface area (TPSA) is 94.5 Å². The van der Waals surface area contributed by atoms with Gasteiger partial charge in [-0.3, -0.25) is 4.79 Å². The van der Waals surface area contributed by atoms with Crippen LogP contribution in [0.25, 0.3) is 0 Å². The molecule has 6 atom stereocenters. The molecule has 5 rings (SSSR count). The largest absolute Gasteiger partial charge is 0.392 e. The van der Waals surface area contributed by atoms with Crippen LogP contribution in [-0.2, 0) is 23.7 Å². The number of aliphatic hydroxyl groups is 2. The maximum Gasteiger partial charge on any atom is 0.175 e. The summed E-state index contributed by atoms with van der Waals surface area (Å²) in [6, 6.07) is 0. The normalized spacial score (nSPS) is 39.7. The second-order valence-electron chi connectivity index (χ2n) is 9.01. The molecule has 0 radical (unpaired) electrons. The molecule has 2 N–H and O–H groups in total. The Morgan fingerprint density at radius 1 is 0.710 bits per heavy atom. The first-order valence-corrected chi connectivity index (χ1v) is 14.7. The number of hydrogen-bond acceptors (Lipinski definition) is 10. The third kappa shape index (κ3) is 4.23. The molecule has 0 unspecified atom stereocenters. The molecule has 0 aromatic carbocycles. The molecule has 0 bridgehead atoms. The number of Topliss-reactive ketones (excluding diaryl/α,β-unsaturated/α-hetero) is 1. The zero-order valence-electron chi connectivity index (χ0n) is 17.6. The van der Waals surface area contributed by atoms with E-state index in [9.17, 15) is 15.0 Å². The smallest absolute Gasteiger partial charge is 0.175 e. The third-order valence-corrected chi connectivity index (χ3v) is 10.8. The van der Waals surface area contributed by atoms with Crippen molar-refractivity contribution >= 4 is 41.1 Å². The lowest BCUT2D eigenvalue weighted by Gasteiger charge is -2.46. The number of hydrogen-bond donors (Lipinski definition) is 2. The number of ether oxygens (including phenoxy) is 4. The van der Waals surface area contributed by atoms with E-state index in [4.69, 9.17) is 18.9 Å². The lowest BCUT2D eigenvalue weighted by molar-refractivity contribution is -0.221. The van der Waals surface area contributed by atoms with Crippen molar-refractivity contribution in [3.05, 3.63) is 0 Å². The van der Waals surface area contributed by atoms with E-state index in [1.54, 1.807) is 35.3 Å². The third-order valence-electron chi connectivity index (χ3n) is 7.44. The van der Waals surface area contributed by atoms with Gasteiger partial charge >= 0.3 is 0 Å². The SMILES string of the molecule is O=C1[C@H]([C@@H](O)[C@@H]2CSCCC23OCCO3)CSC[C@@H]1[C@H](O)[C@H]1CSCCC12OCCO2. The lowest BCUT2D eigenvalue weighted by atomic mass is 9.76. The monoisotopic (exact) mass is 492 g/mol. The molecule has 7 nitrogen and oxygen atoms in total. The van der Waals surface area contributed by atoms with E-state index >= 15 is 0 Å². The molecular weight excluding hydrogens is 460 g/mol. The van der Waals surface area contributed by atoms with Gasteiger partial charge in [0.05, 0.1) is 50.5 Å². The molecule has 176 valence electrons. The fraction of sp³-hybridized carbons (Fsp3) is 0.952. The predicted octanol–water partition coefficient (Wildman–Crippen LogP) is 1.25. The summed E-state index contributed by atoms with van der Waals surface area (Å²) in [5.74, 6) is 1.33. The van der Waals surface area contributed by atoms with Crippen LogP contribution in [0.3, 0.4) is 0 Å². The fourth-order valence-corrected chi connectivity index (χ4v) is 9.67. The zero-order valence-corrected chi connectivity index (χ0v) is 20.1. The molecule has 0 amide bonds. The molecule has 5 heterocycles. The molecule has 0 aromatic rings. The average molecular weight is 493 g/mol. The molecule has 5 aliphatic rings. The zero-order chi connectivity index (χ0) is 21.5. The van der Waals surface area contributed by atoms with E-state index in [0.29, 0.717) is 49.4 Å². The Bertz CT molecular complexity index is 601. The van der Waals surface area contributed by atoms with Crippen LogP contribution in [0.2, 0.25) is 0 Å². The number of rotatable bonds is 4. The van der Waals surface area contributed by atoms with Crippen LogP contribution < -0.4 is 0 Å². The molecule has 10 heteroatoms. The van der Waals surface area contributed by atoms with E-state index in [0.717, 1.165) is 24.3 Å². The van der Waals surface area contributed by atoms with Gasteiger partial charge in [-0.1, -0.05) is 0 Å². The Hall–Kier alpha value is 0.480. The lowest BCUT2D eigenvalue weighted by Crippen LogP contribution is -2.57. The van der Waals surface area contributed by atoms with Gasteiger partial charge in [0.25, 0.3) is 0 Å². The van der Waals surface area contributed by atoms with Crippen LogP contribution in [0.1, 0.15) is 12.8 Å². The van der Waals surface area contributed by atoms with Crippen LogP contribution in [0.15, 0.2) is 0 Å². The minimum atomic E-state index is -0.838. The first-order chi connectivity index (χ1) is 15.1. The van der Waals surface area contributed by atoms with Gasteiger partial charge in [-0.25, -0.2) is 0 Å². The maximum absolute atomic E-state index is 13.6. The van der Waals surface area contributed by atoms with Crippen molar-refractivity contribution in [1.82, 2.24) is 0 Å². The van der Waals surface area contributed by atoms with Crippen LogP contribution in [-0.4, -0.2) is 101 Å². The van der Waals surface area contributed by atoms with Crippen LogP contribution in [0, 0.1) is 23.7 Å². The quantitative estimate of drug-likeness (QED) is 0.597. The summed E-state index contributed by atoms with van der Waals surface area (Å²) in [6.07, 6.45) is -0.212. The molecular formula is C21H32O7S3. The fourth-order valence-electron chi connectivity index (χ4n) is 5.71. The van der Waals surface area contributed by atoms with Gasteiger partial charge in [0.1, 0.15) is 5.78 Å². The molecule has 0 aliphatic carbocycles. The summed E-state index contributed by atoms with van der Waals surface area (Å²) < 4.78 is 23.9. The Kier molecular flexibility index (Phi) is 7.21. The van der Waals surface area contributed by atoms with Gasteiger partial charge < -0.3 is 29.2 Å². The second kappa shape index (κ2) is 9.62. The summed E-state index contributed by atoms with van der Waals surface area (Å²) >= 11 is 5.20. The van der Waals surface area contributed by atoms with Gasteiger partial charge in [-0.2, -0.15) is 35.3 Å². The van der Waals surface area contributed by atoms with Crippen LogP contribution >= 0.6 is 35.3 Å². The molecule has 0 aromatic heterocycles. The minimum Gasteiger partial charge on any atom is -0.392 e. The Morgan fingerprint density at radius 3 is 1.55 bits per heavy atom. The van der Waals surface area contributed by atoms with Crippen molar-refractivity contribution in [2.45, 2.75) is 36.6 Å². The first-order valence-electron chi connectivity index (χ1n) is 11.3. The van der Waals surface area contributed by atoms with Gasteiger partial charge in [0.15, 0.2) is 11.6 Å². The number of carbonyl (C=O) groups is 1. The van der Waals surface area contributed by atoms with Gasteiger partial charge in [0.2, 0.25) is 0 Å². The summed E-state index contributed by atoms with van der Waals surface area (Å²) in [5, 5.41) is 22.7. The number of thioether (sulfide) groups is 3.